The fourth-order valence-electron chi connectivity index (χ4n) is 1.55. The quantitative estimate of drug-likeness (QED) is 0.481. The van der Waals surface area contributed by atoms with Crippen LogP contribution in [-0.4, -0.2) is 15.6 Å². The number of hydrazine groups is 1. The van der Waals surface area contributed by atoms with Crippen LogP contribution in [-0.2, 0) is 0 Å². The van der Waals surface area contributed by atoms with Crippen LogP contribution in [0, 0.1) is 19.3 Å². The van der Waals surface area contributed by atoms with Gasteiger partial charge in [0.25, 0.3) is 0 Å². The summed E-state index contributed by atoms with van der Waals surface area (Å²) in [6.45, 7) is 5.50. The summed E-state index contributed by atoms with van der Waals surface area (Å²) in [7, 11) is 0. The van der Waals surface area contributed by atoms with Crippen LogP contribution in [0.25, 0.3) is 0 Å². The number of aromatic nitrogens is 2. The normalized spacial score (nSPS) is 15.1. The molecule has 1 aromatic rings. The zero-order valence-corrected chi connectivity index (χ0v) is 10.9. The van der Waals surface area contributed by atoms with Crippen molar-refractivity contribution in [3.05, 3.63) is 11.4 Å². The van der Waals surface area contributed by atoms with Crippen LogP contribution in [0.15, 0.2) is 0 Å². The number of nitrogens with two attached hydrogens (primary N) is 1. The summed E-state index contributed by atoms with van der Waals surface area (Å²) in [5.41, 5.74) is 2.65. The average Bonchev–Trinajstić information content (AvgIpc) is 3.15. The van der Waals surface area contributed by atoms with Gasteiger partial charge in [0.1, 0.15) is 11.6 Å². The molecule has 0 saturated heterocycles. The minimum atomic E-state index is -0.703. The van der Waals surface area contributed by atoms with Gasteiger partial charge in [-0.1, -0.05) is 5.92 Å². The first kappa shape index (κ1) is 12.7. The molecule has 0 unspecified atom stereocenters. The van der Waals surface area contributed by atoms with E-state index in [9.17, 15) is 0 Å². The van der Waals surface area contributed by atoms with Gasteiger partial charge in [-0.25, -0.2) is 10.8 Å². The third kappa shape index (κ3) is 2.54. The molecular weight excluding hydrogens is 228 g/mol. The maximum atomic E-state index is 5.76. The van der Waals surface area contributed by atoms with E-state index in [1.165, 1.54) is 0 Å². The second kappa shape index (κ2) is 4.46. The molecule has 0 aliphatic heterocycles. The zero-order chi connectivity index (χ0) is 13.3. The molecule has 1 fully saturated rings. The molecule has 1 aliphatic carbocycles. The highest BCUT2D eigenvalue weighted by atomic mass is 16.5. The molecule has 1 aliphatic rings. The van der Waals surface area contributed by atoms with Crippen LogP contribution in [0.2, 0.25) is 0 Å². The average molecular weight is 246 g/mol. The third-order valence-electron chi connectivity index (χ3n) is 2.90. The van der Waals surface area contributed by atoms with Crippen molar-refractivity contribution in [3.8, 4) is 18.2 Å². The third-order valence-corrected chi connectivity index (χ3v) is 2.90. The number of nitrogens with one attached hydrogen (secondary N) is 1. The Morgan fingerprint density at radius 3 is 2.61 bits per heavy atom. The van der Waals surface area contributed by atoms with Gasteiger partial charge in [-0.05, 0) is 33.6 Å². The standard InChI is InChI=1S/C13H18N4O/c1-5-13(3,4)18-12-8(2)10(17-14)15-11(16-12)9-6-7-9/h1,9H,6-7,14H2,2-4H3,(H,15,16,17). The van der Waals surface area contributed by atoms with E-state index >= 15 is 0 Å². The van der Waals surface area contributed by atoms with Crippen molar-refractivity contribution < 1.29 is 4.74 Å². The Labute approximate surface area is 107 Å². The number of hydrogen-bond acceptors (Lipinski definition) is 5. The first-order chi connectivity index (χ1) is 8.46. The number of terminal acetylenes is 1. The molecule has 96 valence electrons. The van der Waals surface area contributed by atoms with Gasteiger partial charge >= 0.3 is 0 Å². The lowest BCUT2D eigenvalue weighted by Gasteiger charge is -2.21. The number of hydrogen-bond donors (Lipinski definition) is 2. The van der Waals surface area contributed by atoms with Crippen LogP contribution in [0.5, 0.6) is 5.88 Å². The van der Waals surface area contributed by atoms with Crippen molar-refractivity contribution in [2.75, 3.05) is 5.43 Å². The summed E-state index contributed by atoms with van der Waals surface area (Å²) in [4.78, 5) is 8.84. The summed E-state index contributed by atoms with van der Waals surface area (Å²) in [5, 5.41) is 0. The predicted octanol–water partition coefficient (Wildman–Crippen LogP) is 1.74. The van der Waals surface area contributed by atoms with E-state index < -0.39 is 5.60 Å². The number of nitrogen functional groups attached to an aromatic ring is 1. The molecule has 5 nitrogen and oxygen atoms in total. The van der Waals surface area contributed by atoms with E-state index in [0.29, 0.717) is 17.6 Å². The van der Waals surface area contributed by atoms with Crippen molar-refractivity contribution in [2.24, 2.45) is 5.84 Å². The van der Waals surface area contributed by atoms with Gasteiger partial charge in [0.15, 0.2) is 5.60 Å². The Hall–Kier alpha value is -1.80. The number of nitrogens with zero attached hydrogens (tertiary/aromatic N) is 2. The molecule has 3 N–H and O–H groups in total. The first-order valence-corrected chi connectivity index (χ1v) is 5.99. The molecule has 1 heterocycles. The Morgan fingerprint density at radius 1 is 1.44 bits per heavy atom. The molecule has 18 heavy (non-hydrogen) atoms. The minimum absolute atomic E-state index is 0.425. The van der Waals surface area contributed by atoms with Crippen molar-refractivity contribution in [1.82, 2.24) is 9.97 Å². The molecule has 0 aromatic carbocycles. The highest BCUT2D eigenvalue weighted by Crippen LogP contribution is 2.40. The maximum absolute atomic E-state index is 5.76. The van der Waals surface area contributed by atoms with E-state index in [4.69, 9.17) is 17.0 Å². The molecule has 0 spiro atoms. The van der Waals surface area contributed by atoms with Crippen LogP contribution in [0.1, 0.15) is 44.0 Å². The minimum Gasteiger partial charge on any atom is -0.458 e. The van der Waals surface area contributed by atoms with Gasteiger partial charge in [-0.3, -0.25) is 0 Å². The van der Waals surface area contributed by atoms with Crippen LogP contribution in [0.3, 0.4) is 0 Å². The Morgan fingerprint density at radius 2 is 2.11 bits per heavy atom. The van der Waals surface area contributed by atoms with Crippen LogP contribution >= 0.6 is 0 Å². The monoisotopic (exact) mass is 246 g/mol. The Balaban J connectivity index is 2.39. The zero-order valence-electron chi connectivity index (χ0n) is 10.9. The molecule has 1 aromatic heterocycles. The molecule has 0 atom stereocenters. The van der Waals surface area contributed by atoms with E-state index in [-0.39, 0.29) is 0 Å². The number of anilines is 1. The second-order valence-electron chi connectivity index (χ2n) is 5.04. The smallest absolute Gasteiger partial charge is 0.223 e. The summed E-state index contributed by atoms with van der Waals surface area (Å²) < 4.78 is 5.76. The van der Waals surface area contributed by atoms with E-state index in [0.717, 1.165) is 24.2 Å². The van der Waals surface area contributed by atoms with Gasteiger partial charge in [0.05, 0.1) is 5.56 Å². The van der Waals surface area contributed by atoms with Gasteiger partial charge in [0, 0.05) is 5.92 Å². The van der Waals surface area contributed by atoms with Gasteiger partial charge in [0.2, 0.25) is 5.88 Å². The van der Waals surface area contributed by atoms with E-state index in [1.807, 2.05) is 20.8 Å². The Kier molecular flexibility index (Phi) is 3.14. The summed E-state index contributed by atoms with van der Waals surface area (Å²) in [6.07, 6.45) is 7.66. The fourth-order valence-corrected chi connectivity index (χ4v) is 1.55. The van der Waals surface area contributed by atoms with Gasteiger partial charge in [-0.15, -0.1) is 6.42 Å². The van der Waals surface area contributed by atoms with Gasteiger partial charge < -0.3 is 10.2 Å². The number of ether oxygens (including phenoxy) is 1. The SMILES string of the molecule is C#CC(C)(C)Oc1nc(C2CC2)nc(NN)c1C. The predicted molar refractivity (Wildman–Crippen MR) is 70.1 cm³/mol. The Bertz CT molecular complexity index is 500. The van der Waals surface area contributed by atoms with E-state index in [2.05, 4.69) is 21.3 Å². The molecule has 1 saturated carbocycles. The summed E-state index contributed by atoms with van der Waals surface area (Å²) >= 11 is 0. The highest BCUT2D eigenvalue weighted by Gasteiger charge is 2.29. The van der Waals surface area contributed by atoms with Crippen molar-refractivity contribution in [1.29, 1.82) is 0 Å². The molecule has 0 bridgehead atoms. The largest absolute Gasteiger partial charge is 0.458 e. The van der Waals surface area contributed by atoms with Crippen molar-refractivity contribution >= 4 is 5.82 Å². The molecule has 5 heteroatoms. The second-order valence-corrected chi connectivity index (χ2v) is 5.04. The topological polar surface area (TPSA) is 73.1 Å². The van der Waals surface area contributed by atoms with Crippen molar-refractivity contribution in [2.45, 2.75) is 45.1 Å². The van der Waals surface area contributed by atoms with Crippen molar-refractivity contribution in [3.63, 3.8) is 0 Å². The molecule has 0 radical (unpaired) electrons. The van der Waals surface area contributed by atoms with Crippen LogP contribution < -0.4 is 16.0 Å². The molecule has 0 amide bonds. The first-order valence-electron chi connectivity index (χ1n) is 5.99. The molecule has 2 rings (SSSR count). The van der Waals surface area contributed by atoms with Gasteiger partial charge in [-0.2, -0.15) is 4.98 Å². The lowest BCUT2D eigenvalue weighted by Crippen LogP contribution is -2.27. The highest BCUT2D eigenvalue weighted by molar-refractivity contribution is 5.48. The molecular formula is C13H18N4O. The number of rotatable bonds is 4. The maximum Gasteiger partial charge on any atom is 0.223 e. The summed E-state index contributed by atoms with van der Waals surface area (Å²) in [6, 6.07) is 0. The lowest BCUT2D eigenvalue weighted by molar-refractivity contribution is 0.162. The fraction of sp³-hybridized carbons (Fsp3) is 0.538. The van der Waals surface area contributed by atoms with Crippen LogP contribution in [0.4, 0.5) is 5.82 Å². The summed E-state index contributed by atoms with van der Waals surface area (Å²) in [5.74, 6) is 10.3. The van der Waals surface area contributed by atoms with E-state index in [1.54, 1.807) is 0 Å². The lowest BCUT2D eigenvalue weighted by atomic mass is 10.1.